The first-order chi connectivity index (χ1) is 13.3. The van der Waals surface area contributed by atoms with Crippen LogP contribution in [-0.2, 0) is 14.4 Å². The minimum atomic E-state index is -1.01. The number of aliphatic hydroxyl groups excluding tert-OH is 3. The molecule has 3 atom stereocenters. The largest absolute Gasteiger partial charge is 0.394 e. The second-order valence-corrected chi connectivity index (χ2v) is 6.08. The fraction of sp³-hybridized carbons (Fsp3) is 0.800. The van der Waals surface area contributed by atoms with Crippen molar-refractivity contribution in [2.24, 2.45) is 17.2 Å². The molecule has 3 amide bonds. The van der Waals surface area contributed by atoms with E-state index in [2.05, 4.69) is 16.0 Å². The first kappa shape index (κ1) is 26.1. The van der Waals surface area contributed by atoms with Crippen molar-refractivity contribution in [3.05, 3.63) is 0 Å². The van der Waals surface area contributed by atoms with Crippen molar-refractivity contribution in [1.29, 1.82) is 0 Å². The molecule has 0 aromatic rings. The van der Waals surface area contributed by atoms with Crippen LogP contribution in [0.5, 0.6) is 0 Å². The Morgan fingerprint density at radius 2 is 0.893 bits per heavy atom. The van der Waals surface area contributed by atoms with E-state index >= 15 is 0 Å². The Labute approximate surface area is 163 Å². The molecule has 0 spiro atoms. The molecule has 13 heteroatoms. The van der Waals surface area contributed by atoms with Gasteiger partial charge in [0.05, 0.1) is 19.8 Å². The highest BCUT2D eigenvalue weighted by Gasteiger charge is 2.15. The summed E-state index contributed by atoms with van der Waals surface area (Å²) in [4.78, 5) is 36.6. The van der Waals surface area contributed by atoms with Gasteiger partial charge in [0, 0.05) is 39.3 Å². The second kappa shape index (κ2) is 15.1. The highest BCUT2D eigenvalue weighted by molar-refractivity contribution is 5.82. The molecule has 0 aliphatic carbocycles. The Bertz CT molecular complexity index is 415. The van der Waals surface area contributed by atoms with Crippen LogP contribution in [0, 0.1) is 0 Å². The van der Waals surface area contributed by atoms with E-state index in [0.29, 0.717) is 19.6 Å². The monoisotopic (exact) mass is 407 g/mol. The molecule has 13 nitrogen and oxygen atoms in total. The number of hydrogen-bond donors (Lipinski definition) is 9. The predicted octanol–water partition coefficient (Wildman–Crippen LogP) is -6.40. The van der Waals surface area contributed by atoms with E-state index in [9.17, 15) is 14.4 Å². The highest BCUT2D eigenvalue weighted by atomic mass is 16.3. The van der Waals surface area contributed by atoms with Crippen LogP contribution < -0.4 is 33.2 Å². The fourth-order valence-corrected chi connectivity index (χ4v) is 1.99. The van der Waals surface area contributed by atoms with Crippen molar-refractivity contribution >= 4 is 17.7 Å². The van der Waals surface area contributed by atoms with Crippen LogP contribution in [0.3, 0.4) is 0 Å². The molecule has 0 radical (unpaired) electrons. The summed E-state index contributed by atoms with van der Waals surface area (Å²) in [6.07, 6.45) is 0. The van der Waals surface area contributed by atoms with E-state index in [1.807, 2.05) is 4.90 Å². The van der Waals surface area contributed by atoms with Gasteiger partial charge in [-0.05, 0) is 0 Å². The molecule has 0 aromatic heterocycles. The normalized spacial score (nSPS) is 14.2. The van der Waals surface area contributed by atoms with E-state index in [4.69, 9.17) is 32.5 Å². The summed E-state index contributed by atoms with van der Waals surface area (Å²) in [6.45, 7) is 0.453. The molecule has 0 bridgehead atoms. The van der Waals surface area contributed by atoms with Crippen LogP contribution in [0.4, 0.5) is 0 Å². The van der Waals surface area contributed by atoms with Gasteiger partial charge in [0.25, 0.3) is 0 Å². The zero-order valence-electron chi connectivity index (χ0n) is 15.8. The van der Waals surface area contributed by atoms with E-state index in [1.165, 1.54) is 0 Å². The Kier molecular flexibility index (Phi) is 14.1. The minimum absolute atomic E-state index is 0.237. The van der Waals surface area contributed by atoms with Gasteiger partial charge in [0.15, 0.2) is 0 Å². The number of nitrogens with one attached hydrogen (secondary N) is 3. The molecule has 0 aromatic carbocycles. The zero-order chi connectivity index (χ0) is 21.5. The predicted molar refractivity (Wildman–Crippen MR) is 101 cm³/mol. The van der Waals surface area contributed by atoms with Crippen LogP contribution >= 0.6 is 0 Å². The molecule has 0 saturated heterocycles. The number of carbonyl (C=O) groups excluding carboxylic acids is 3. The number of rotatable bonds is 15. The van der Waals surface area contributed by atoms with Crippen molar-refractivity contribution in [2.45, 2.75) is 18.1 Å². The van der Waals surface area contributed by atoms with Gasteiger partial charge in [-0.1, -0.05) is 0 Å². The molecule has 12 N–H and O–H groups in total. The quantitative estimate of drug-likeness (QED) is 0.125. The zero-order valence-corrected chi connectivity index (χ0v) is 15.8. The van der Waals surface area contributed by atoms with Gasteiger partial charge in [-0.25, -0.2) is 0 Å². The molecule has 0 heterocycles. The van der Waals surface area contributed by atoms with Crippen LogP contribution in [0.2, 0.25) is 0 Å². The molecule has 0 saturated carbocycles. The third-order valence-corrected chi connectivity index (χ3v) is 3.78. The summed E-state index contributed by atoms with van der Waals surface area (Å²) in [5.74, 6) is -1.48. The third-order valence-electron chi connectivity index (χ3n) is 3.78. The van der Waals surface area contributed by atoms with Gasteiger partial charge in [0.1, 0.15) is 18.1 Å². The molecule has 28 heavy (non-hydrogen) atoms. The number of nitrogens with two attached hydrogens (primary N) is 3. The summed E-state index contributed by atoms with van der Waals surface area (Å²) >= 11 is 0. The van der Waals surface area contributed by atoms with Gasteiger partial charge >= 0.3 is 0 Å². The first-order valence-corrected chi connectivity index (χ1v) is 8.91. The molecule has 0 rings (SSSR count). The van der Waals surface area contributed by atoms with E-state index in [0.717, 1.165) is 0 Å². The van der Waals surface area contributed by atoms with Crippen molar-refractivity contribution in [2.75, 3.05) is 59.1 Å². The summed E-state index contributed by atoms with van der Waals surface area (Å²) in [6, 6.07) is -3.02. The van der Waals surface area contributed by atoms with E-state index in [-0.39, 0.29) is 19.6 Å². The van der Waals surface area contributed by atoms with Crippen molar-refractivity contribution in [1.82, 2.24) is 20.9 Å². The standard InChI is InChI=1S/C15H33N7O6/c16-10(7-23)13(26)19-1-4-22(5-2-20-14(27)11(17)8-24)6-3-21-15(28)12(18)9-25/h10-12,23-25H,1-9,16-18H2,(H,19,26)(H,20,27)(H,21,28)/t10-,11-,12-/m0/s1. The lowest BCUT2D eigenvalue weighted by Crippen LogP contribution is -2.49. The smallest absolute Gasteiger partial charge is 0.239 e. The van der Waals surface area contributed by atoms with E-state index in [1.54, 1.807) is 0 Å². The fourth-order valence-electron chi connectivity index (χ4n) is 1.99. The molecular weight excluding hydrogens is 374 g/mol. The number of nitrogens with zero attached hydrogens (tertiary/aromatic N) is 1. The molecule has 0 aliphatic heterocycles. The lowest BCUT2D eigenvalue weighted by Gasteiger charge is -2.24. The highest BCUT2D eigenvalue weighted by Crippen LogP contribution is 1.88. The van der Waals surface area contributed by atoms with Gasteiger partial charge in [-0.3, -0.25) is 19.3 Å². The number of aliphatic hydroxyl groups is 3. The first-order valence-electron chi connectivity index (χ1n) is 8.91. The van der Waals surface area contributed by atoms with Crippen LogP contribution in [0.1, 0.15) is 0 Å². The Hall–Kier alpha value is -1.87. The lowest BCUT2D eigenvalue weighted by molar-refractivity contribution is -0.123. The maximum atomic E-state index is 11.6. The number of hydrogen-bond acceptors (Lipinski definition) is 10. The number of amides is 3. The van der Waals surface area contributed by atoms with Crippen LogP contribution in [0.15, 0.2) is 0 Å². The van der Waals surface area contributed by atoms with Gasteiger partial charge in [0.2, 0.25) is 17.7 Å². The lowest BCUT2D eigenvalue weighted by atomic mass is 10.3. The molecule has 0 fully saturated rings. The molecule has 164 valence electrons. The number of carbonyl (C=O) groups is 3. The SMILES string of the molecule is N[C@@H](CO)C(=O)NCCN(CCNC(=O)[C@@H](N)CO)CCNC(=O)[C@@H](N)CO. The molecule has 0 unspecified atom stereocenters. The summed E-state index contributed by atoms with van der Waals surface area (Å²) in [5, 5.41) is 34.3. The average molecular weight is 407 g/mol. The van der Waals surface area contributed by atoms with Gasteiger partial charge in [-0.2, -0.15) is 0 Å². The topological polar surface area (TPSA) is 229 Å². The Balaban J connectivity index is 4.45. The molecule has 0 aliphatic rings. The maximum Gasteiger partial charge on any atom is 0.239 e. The van der Waals surface area contributed by atoms with Crippen molar-refractivity contribution in [3.63, 3.8) is 0 Å². The summed E-state index contributed by atoms with van der Waals surface area (Å²) < 4.78 is 0. The van der Waals surface area contributed by atoms with Gasteiger partial charge < -0.3 is 48.5 Å². The summed E-state index contributed by atoms with van der Waals surface area (Å²) in [5.41, 5.74) is 16.2. The summed E-state index contributed by atoms with van der Waals surface area (Å²) in [7, 11) is 0. The van der Waals surface area contributed by atoms with Crippen molar-refractivity contribution in [3.8, 4) is 0 Å². The second-order valence-electron chi connectivity index (χ2n) is 6.08. The Morgan fingerprint density at radius 1 is 0.643 bits per heavy atom. The van der Waals surface area contributed by atoms with Crippen molar-refractivity contribution < 1.29 is 29.7 Å². The maximum absolute atomic E-state index is 11.6. The van der Waals surface area contributed by atoms with E-state index < -0.39 is 55.7 Å². The van der Waals surface area contributed by atoms with Crippen LogP contribution in [-0.4, -0.2) is 115 Å². The average Bonchev–Trinajstić information content (AvgIpc) is 2.70. The molecular formula is C15H33N7O6. The van der Waals surface area contributed by atoms with Crippen LogP contribution in [0.25, 0.3) is 0 Å². The van der Waals surface area contributed by atoms with Gasteiger partial charge in [-0.15, -0.1) is 0 Å². The Morgan fingerprint density at radius 3 is 1.11 bits per heavy atom. The minimum Gasteiger partial charge on any atom is -0.394 e. The third kappa shape index (κ3) is 11.1.